The SMILES string of the molecule is CS(=O)(=O)c1ccc(NC2CCCc3occc32)cn1. The molecular weight excluding hydrogens is 276 g/mol. The third-order valence-corrected chi connectivity index (χ3v) is 4.51. The molecule has 1 atom stereocenters. The van der Waals surface area contributed by atoms with Gasteiger partial charge in [-0.1, -0.05) is 0 Å². The van der Waals surface area contributed by atoms with Gasteiger partial charge in [0.2, 0.25) is 0 Å². The van der Waals surface area contributed by atoms with Crippen LogP contribution >= 0.6 is 0 Å². The van der Waals surface area contributed by atoms with E-state index in [0.29, 0.717) is 0 Å². The van der Waals surface area contributed by atoms with Crippen molar-refractivity contribution in [2.45, 2.75) is 30.3 Å². The second-order valence-corrected chi connectivity index (χ2v) is 7.01. The Morgan fingerprint density at radius 2 is 2.20 bits per heavy atom. The Morgan fingerprint density at radius 3 is 2.90 bits per heavy atom. The summed E-state index contributed by atoms with van der Waals surface area (Å²) in [6.07, 6.45) is 7.51. The molecule has 0 saturated heterocycles. The van der Waals surface area contributed by atoms with E-state index in [4.69, 9.17) is 4.42 Å². The lowest BCUT2D eigenvalue weighted by atomic mass is 9.93. The van der Waals surface area contributed by atoms with E-state index in [0.717, 1.165) is 37.0 Å². The summed E-state index contributed by atoms with van der Waals surface area (Å²) >= 11 is 0. The molecule has 1 unspecified atom stereocenters. The fourth-order valence-corrected chi connectivity index (χ4v) is 3.08. The van der Waals surface area contributed by atoms with Gasteiger partial charge in [0.15, 0.2) is 14.9 Å². The average molecular weight is 292 g/mol. The Labute approximate surface area is 117 Å². The first kappa shape index (κ1) is 13.2. The highest BCUT2D eigenvalue weighted by Crippen LogP contribution is 2.33. The first-order valence-corrected chi connectivity index (χ1v) is 8.42. The summed E-state index contributed by atoms with van der Waals surface area (Å²) in [5.74, 6) is 1.04. The number of pyridine rings is 1. The van der Waals surface area contributed by atoms with Crippen LogP contribution in [0.2, 0.25) is 0 Å². The minimum absolute atomic E-state index is 0.0932. The Morgan fingerprint density at radius 1 is 1.35 bits per heavy atom. The molecule has 0 amide bonds. The van der Waals surface area contributed by atoms with Gasteiger partial charge in [0, 0.05) is 18.2 Å². The molecule has 0 aliphatic heterocycles. The number of hydrogen-bond acceptors (Lipinski definition) is 5. The summed E-state index contributed by atoms with van der Waals surface area (Å²) in [6, 6.07) is 5.46. The monoisotopic (exact) mass is 292 g/mol. The standard InChI is InChI=1S/C14H16N2O3S/c1-20(17,18)14-6-5-10(9-15-14)16-12-3-2-4-13-11(12)7-8-19-13/h5-9,12,16H,2-4H2,1H3. The molecule has 0 bridgehead atoms. The third-order valence-electron chi connectivity index (χ3n) is 3.51. The number of furan rings is 1. The summed E-state index contributed by atoms with van der Waals surface area (Å²) in [6.45, 7) is 0. The zero-order chi connectivity index (χ0) is 14.2. The molecule has 5 nitrogen and oxygen atoms in total. The fourth-order valence-electron chi connectivity index (χ4n) is 2.52. The number of sulfone groups is 1. The second-order valence-electron chi connectivity index (χ2n) is 5.05. The van der Waals surface area contributed by atoms with Crippen molar-refractivity contribution in [2.75, 3.05) is 11.6 Å². The topological polar surface area (TPSA) is 72.2 Å². The van der Waals surface area contributed by atoms with Crippen molar-refractivity contribution in [2.24, 2.45) is 0 Å². The minimum atomic E-state index is -3.25. The molecule has 20 heavy (non-hydrogen) atoms. The quantitative estimate of drug-likeness (QED) is 0.941. The molecule has 2 aromatic heterocycles. The summed E-state index contributed by atoms with van der Waals surface area (Å²) in [5.41, 5.74) is 2.00. The molecule has 1 N–H and O–H groups in total. The van der Waals surface area contributed by atoms with Crippen LogP contribution in [-0.4, -0.2) is 19.7 Å². The number of rotatable bonds is 3. The molecule has 0 saturated carbocycles. The van der Waals surface area contributed by atoms with E-state index in [9.17, 15) is 8.42 Å². The lowest BCUT2D eigenvalue weighted by Gasteiger charge is -2.23. The highest BCUT2D eigenvalue weighted by Gasteiger charge is 2.22. The largest absolute Gasteiger partial charge is 0.469 e. The van der Waals surface area contributed by atoms with Crippen molar-refractivity contribution in [3.05, 3.63) is 42.0 Å². The van der Waals surface area contributed by atoms with Gasteiger partial charge in [-0.05, 0) is 31.0 Å². The molecule has 6 heteroatoms. The molecule has 2 heterocycles. The number of nitrogens with one attached hydrogen (secondary N) is 1. The van der Waals surface area contributed by atoms with Crippen molar-refractivity contribution >= 4 is 15.5 Å². The maximum Gasteiger partial charge on any atom is 0.192 e. The Balaban J connectivity index is 1.80. The maximum atomic E-state index is 11.4. The van der Waals surface area contributed by atoms with E-state index in [1.165, 1.54) is 11.6 Å². The Hall–Kier alpha value is -1.82. The van der Waals surface area contributed by atoms with Gasteiger partial charge >= 0.3 is 0 Å². The molecule has 0 fully saturated rings. The smallest absolute Gasteiger partial charge is 0.192 e. The van der Waals surface area contributed by atoms with E-state index >= 15 is 0 Å². The van der Waals surface area contributed by atoms with E-state index in [-0.39, 0.29) is 11.1 Å². The van der Waals surface area contributed by atoms with Crippen LogP contribution in [0.4, 0.5) is 5.69 Å². The first-order chi connectivity index (χ1) is 9.54. The van der Waals surface area contributed by atoms with Crippen LogP contribution in [0.1, 0.15) is 30.2 Å². The Kier molecular flexibility index (Phi) is 3.25. The molecule has 1 aliphatic carbocycles. The van der Waals surface area contributed by atoms with Gasteiger partial charge in [-0.2, -0.15) is 0 Å². The zero-order valence-corrected chi connectivity index (χ0v) is 12.0. The van der Waals surface area contributed by atoms with Crippen LogP contribution < -0.4 is 5.32 Å². The van der Waals surface area contributed by atoms with Crippen molar-refractivity contribution in [3.63, 3.8) is 0 Å². The normalized spacial score (nSPS) is 18.6. The highest BCUT2D eigenvalue weighted by molar-refractivity contribution is 7.90. The van der Waals surface area contributed by atoms with Crippen molar-refractivity contribution < 1.29 is 12.8 Å². The summed E-state index contributed by atoms with van der Waals surface area (Å²) in [5, 5.41) is 3.48. The van der Waals surface area contributed by atoms with Gasteiger partial charge in [0.25, 0.3) is 0 Å². The van der Waals surface area contributed by atoms with Crippen molar-refractivity contribution in [1.82, 2.24) is 4.98 Å². The van der Waals surface area contributed by atoms with E-state index < -0.39 is 9.84 Å². The number of fused-ring (bicyclic) bond motifs is 1. The minimum Gasteiger partial charge on any atom is -0.469 e. The molecule has 0 aromatic carbocycles. The van der Waals surface area contributed by atoms with Crippen LogP contribution in [0.3, 0.4) is 0 Å². The zero-order valence-electron chi connectivity index (χ0n) is 11.2. The van der Waals surface area contributed by atoms with E-state index in [1.807, 2.05) is 6.07 Å². The third kappa shape index (κ3) is 2.56. The average Bonchev–Trinajstić information content (AvgIpc) is 2.88. The van der Waals surface area contributed by atoms with Gasteiger partial charge in [-0.3, -0.25) is 0 Å². The molecule has 0 radical (unpaired) electrons. The molecule has 2 aromatic rings. The van der Waals surface area contributed by atoms with Gasteiger partial charge in [0.05, 0.1) is 24.2 Å². The number of aromatic nitrogens is 1. The van der Waals surface area contributed by atoms with E-state index in [1.54, 1.807) is 18.5 Å². The van der Waals surface area contributed by atoms with E-state index in [2.05, 4.69) is 10.3 Å². The lowest BCUT2D eigenvalue weighted by molar-refractivity contribution is 0.461. The summed E-state index contributed by atoms with van der Waals surface area (Å²) < 4.78 is 28.2. The Bertz CT molecular complexity index is 704. The number of aryl methyl sites for hydroxylation is 1. The van der Waals surface area contributed by atoms with Crippen LogP contribution in [0.5, 0.6) is 0 Å². The second kappa shape index (κ2) is 4.94. The number of anilines is 1. The lowest BCUT2D eigenvalue weighted by Crippen LogP contribution is -2.16. The summed E-state index contributed by atoms with van der Waals surface area (Å²) in [4.78, 5) is 3.99. The fraction of sp³-hybridized carbons (Fsp3) is 0.357. The highest BCUT2D eigenvalue weighted by atomic mass is 32.2. The molecule has 1 aliphatic rings. The molecule has 0 spiro atoms. The molecular formula is C14H16N2O3S. The van der Waals surface area contributed by atoms with Crippen LogP contribution in [0.25, 0.3) is 0 Å². The van der Waals surface area contributed by atoms with Gasteiger partial charge in [0.1, 0.15) is 5.76 Å². The number of hydrogen-bond donors (Lipinski definition) is 1. The van der Waals surface area contributed by atoms with Gasteiger partial charge < -0.3 is 9.73 Å². The van der Waals surface area contributed by atoms with Gasteiger partial charge in [-0.25, -0.2) is 13.4 Å². The predicted octanol–water partition coefficient (Wildman–Crippen LogP) is 2.57. The van der Waals surface area contributed by atoms with Crippen LogP contribution in [0.15, 0.2) is 40.1 Å². The first-order valence-electron chi connectivity index (χ1n) is 6.53. The maximum absolute atomic E-state index is 11.4. The summed E-state index contributed by atoms with van der Waals surface area (Å²) in [7, 11) is -3.25. The van der Waals surface area contributed by atoms with Gasteiger partial charge in [-0.15, -0.1) is 0 Å². The van der Waals surface area contributed by atoms with Crippen LogP contribution in [0, 0.1) is 0 Å². The molecule has 3 rings (SSSR count). The van der Waals surface area contributed by atoms with Crippen molar-refractivity contribution in [3.8, 4) is 0 Å². The predicted molar refractivity (Wildman–Crippen MR) is 75.4 cm³/mol. The number of nitrogens with zero attached hydrogens (tertiary/aromatic N) is 1. The van der Waals surface area contributed by atoms with Crippen LogP contribution in [-0.2, 0) is 16.3 Å². The van der Waals surface area contributed by atoms with Crippen molar-refractivity contribution in [1.29, 1.82) is 0 Å². The molecule has 106 valence electrons.